The Balaban J connectivity index is 2.35. The average molecular weight is 242 g/mol. The molecule has 1 unspecified atom stereocenters. The predicted molar refractivity (Wildman–Crippen MR) is 69.8 cm³/mol. The largest absolute Gasteiger partial charge is 0.353 e. The van der Waals surface area contributed by atoms with Gasteiger partial charge in [0.2, 0.25) is 5.91 Å². The smallest absolute Gasteiger partial charge is 0.237 e. The van der Waals surface area contributed by atoms with Gasteiger partial charge in [-0.25, -0.2) is 0 Å². The van der Waals surface area contributed by atoms with Crippen LogP contribution < -0.4 is 11.1 Å². The molecule has 5 heteroatoms. The first kappa shape index (κ1) is 14.4. The van der Waals surface area contributed by atoms with E-state index in [1.807, 2.05) is 20.8 Å². The van der Waals surface area contributed by atoms with E-state index in [1.54, 1.807) is 0 Å². The zero-order valence-electron chi connectivity index (χ0n) is 11.3. The lowest BCUT2D eigenvalue weighted by Gasteiger charge is -2.37. The van der Waals surface area contributed by atoms with Gasteiger partial charge in [0, 0.05) is 45.3 Å². The molecule has 100 valence electrons. The van der Waals surface area contributed by atoms with Crippen molar-refractivity contribution >= 4 is 5.91 Å². The van der Waals surface area contributed by atoms with E-state index in [9.17, 15) is 4.79 Å². The van der Waals surface area contributed by atoms with Crippen LogP contribution in [-0.4, -0.2) is 67.1 Å². The highest BCUT2D eigenvalue weighted by atomic mass is 16.2. The van der Waals surface area contributed by atoms with Gasteiger partial charge < -0.3 is 11.1 Å². The van der Waals surface area contributed by atoms with Crippen molar-refractivity contribution in [3.8, 4) is 0 Å². The van der Waals surface area contributed by atoms with E-state index >= 15 is 0 Å². The number of piperazine rings is 1. The number of nitrogens with one attached hydrogen (secondary N) is 1. The normalized spacial score (nSPS) is 20.5. The van der Waals surface area contributed by atoms with Gasteiger partial charge in [0.25, 0.3) is 0 Å². The van der Waals surface area contributed by atoms with E-state index in [2.05, 4.69) is 15.1 Å². The van der Waals surface area contributed by atoms with E-state index in [4.69, 9.17) is 5.73 Å². The van der Waals surface area contributed by atoms with Crippen LogP contribution in [0.5, 0.6) is 0 Å². The maximum absolute atomic E-state index is 11.9. The zero-order chi connectivity index (χ0) is 12.8. The standard InChI is InChI=1S/C12H26N4O/c1-10(2)14-12(17)11(3)16-8-6-15(5-4-13)7-9-16/h10-11H,4-9,13H2,1-3H3,(H,14,17). The number of hydrogen-bond donors (Lipinski definition) is 2. The van der Waals surface area contributed by atoms with Crippen molar-refractivity contribution in [1.29, 1.82) is 0 Å². The summed E-state index contributed by atoms with van der Waals surface area (Å²) in [5.74, 6) is 0.132. The number of rotatable bonds is 5. The lowest BCUT2D eigenvalue weighted by molar-refractivity contribution is -0.127. The van der Waals surface area contributed by atoms with Crippen LogP contribution >= 0.6 is 0 Å². The molecule has 0 bridgehead atoms. The third kappa shape index (κ3) is 4.61. The molecule has 0 aromatic rings. The van der Waals surface area contributed by atoms with Crippen LogP contribution in [0, 0.1) is 0 Å². The summed E-state index contributed by atoms with van der Waals surface area (Å²) in [6.07, 6.45) is 0. The SMILES string of the molecule is CC(C)NC(=O)C(C)N1CCN(CCN)CC1. The Hall–Kier alpha value is -0.650. The van der Waals surface area contributed by atoms with Gasteiger partial charge in [-0.1, -0.05) is 0 Å². The van der Waals surface area contributed by atoms with Gasteiger partial charge in [-0.05, 0) is 20.8 Å². The van der Waals surface area contributed by atoms with Crippen LogP contribution in [-0.2, 0) is 4.79 Å². The zero-order valence-corrected chi connectivity index (χ0v) is 11.3. The molecule has 1 fully saturated rings. The Morgan fingerprint density at radius 1 is 1.24 bits per heavy atom. The topological polar surface area (TPSA) is 61.6 Å². The molecule has 1 rings (SSSR count). The van der Waals surface area contributed by atoms with Crippen molar-refractivity contribution in [2.75, 3.05) is 39.3 Å². The van der Waals surface area contributed by atoms with Crippen molar-refractivity contribution in [3.05, 3.63) is 0 Å². The van der Waals surface area contributed by atoms with Gasteiger partial charge in [0.15, 0.2) is 0 Å². The number of nitrogens with two attached hydrogens (primary N) is 1. The quantitative estimate of drug-likeness (QED) is 0.681. The second-order valence-electron chi connectivity index (χ2n) is 5.01. The maximum Gasteiger partial charge on any atom is 0.237 e. The van der Waals surface area contributed by atoms with Crippen molar-refractivity contribution in [2.24, 2.45) is 5.73 Å². The molecule has 1 aliphatic heterocycles. The second-order valence-corrected chi connectivity index (χ2v) is 5.01. The molecule has 17 heavy (non-hydrogen) atoms. The maximum atomic E-state index is 11.9. The molecule has 1 aliphatic rings. The molecule has 3 N–H and O–H groups in total. The highest BCUT2D eigenvalue weighted by Gasteiger charge is 2.25. The van der Waals surface area contributed by atoms with E-state index in [-0.39, 0.29) is 18.0 Å². The first-order valence-corrected chi connectivity index (χ1v) is 6.51. The summed E-state index contributed by atoms with van der Waals surface area (Å²) in [5, 5.41) is 2.96. The second kappa shape index (κ2) is 6.93. The van der Waals surface area contributed by atoms with E-state index in [0.29, 0.717) is 6.54 Å². The Kier molecular flexibility index (Phi) is 5.88. The lowest BCUT2D eigenvalue weighted by Crippen LogP contribution is -2.55. The van der Waals surface area contributed by atoms with E-state index in [1.165, 1.54) is 0 Å². The molecule has 1 atom stereocenters. The lowest BCUT2D eigenvalue weighted by atomic mass is 10.2. The first-order valence-electron chi connectivity index (χ1n) is 6.51. The Morgan fingerprint density at radius 2 is 1.82 bits per heavy atom. The highest BCUT2D eigenvalue weighted by molar-refractivity contribution is 5.81. The molecule has 0 aromatic heterocycles. The van der Waals surface area contributed by atoms with Crippen molar-refractivity contribution in [2.45, 2.75) is 32.9 Å². The summed E-state index contributed by atoms with van der Waals surface area (Å²) in [4.78, 5) is 16.5. The van der Waals surface area contributed by atoms with Crippen molar-refractivity contribution in [3.63, 3.8) is 0 Å². The fourth-order valence-electron chi connectivity index (χ4n) is 2.13. The van der Waals surface area contributed by atoms with Crippen LogP contribution in [0.4, 0.5) is 0 Å². The summed E-state index contributed by atoms with van der Waals surface area (Å²) >= 11 is 0. The molecule has 0 spiro atoms. The van der Waals surface area contributed by atoms with Crippen LogP contribution in [0.3, 0.4) is 0 Å². The Labute approximate surface area is 104 Å². The molecule has 0 radical (unpaired) electrons. The minimum Gasteiger partial charge on any atom is -0.353 e. The number of amides is 1. The molecule has 0 saturated carbocycles. The van der Waals surface area contributed by atoms with Gasteiger partial charge in [-0.2, -0.15) is 0 Å². The summed E-state index contributed by atoms with van der Waals surface area (Å²) in [5.41, 5.74) is 5.54. The predicted octanol–water partition coefficient (Wildman–Crippen LogP) is -0.524. The third-order valence-electron chi connectivity index (χ3n) is 3.21. The highest BCUT2D eigenvalue weighted by Crippen LogP contribution is 2.06. The van der Waals surface area contributed by atoms with Gasteiger partial charge in [0.1, 0.15) is 0 Å². The van der Waals surface area contributed by atoms with E-state index in [0.717, 1.165) is 32.7 Å². The summed E-state index contributed by atoms with van der Waals surface area (Å²) in [6.45, 7) is 11.6. The van der Waals surface area contributed by atoms with E-state index < -0.39 is 0 Å². The fourth-order valence-corrected chi connectivity index (χ4v) is 2.13. The Morgan fingerprint density at radius 3 is 2.29 bits per heavy atom. The Bertz CT molecular complexity index is 237. The molecular formula is C12H26N4O. The van der Waals surface area contributed by atoms with Crippen LogP contribution in [0.15, 0.2) is 0 Å². The molecule has 1 amide bonds. The van der Waals surface area contributed by atoms with Crippen molar-refractivity contribution in [1.82, 2.24) is 15.1 Å². The summed E-state index contributed by atoms with van der Waals surface area (Å²) < 4.78 is 0. The van der Waals surface area contributed by atoms with Gasteiger partial charge in [0.05, 0.1) is 6.04 Å². The minimum atomic E-state index is -0.0302. The summed E-state index contributed by atoms with van der Waals surface area (Å²) in [7, 11) is 0. The van der Waals surface area contributed by atoms with Crippen molar-refractivity contribution < 1.29 is 4.79 Å². The monoisotopic (exact) mass is 242 g/mol. The molecule has 1 heterocycles. The van der Waals surface area contributed by atoms with Gasteiger partial charge in [-0.15, -0.1) is 0 Å². The number of nitrogens with zero attached hydrogens (tertiary/aromatic N) is 2. The summed E-state index contributed by atoms with van der Waals surface area (Å²) in [6, 6.07) is 0.181. The number of carbonyl (C=O) groups excluding carboxylic acids is 1. The molecule has 0 aliphatic carbocycles. The van der Waals surface area contributed by atoms with Crippen LogP contribution in [0.2, 0.25) is 0 Å². The molecule has 1 saturated heterocycles. The van der Waals surface area contributed by atoms with Gasteiger partial charge in [-0.3, -0.25) is 14.6 Å². The minimum absolute atomic E-state index is 0.0302. The first-order chi connectivity index (χ1) is 8.04. The molecule has 0 aromatic carbocycles. The fraction of sp³-hybridized carbons (Fsp3) is 0.917. The average Bonchev–Trinajstić information content (AvgIpc) is 2.28. The van der Waals surface area contributed by atoms with Crippen LogP contribution in [0.25, 0.3) is 0 Å². The molecule has 5 nitrogen and oxygen atoms in total. The van der Waals surface area contributed by atoms with Gasteiger partial charge >= 0.3 is 0 Å². The van der Waals surface area contributed by atoms with Crippen LogP contribution in [0.1, 0.15) is 20.8 Å². The number of carbonyl (C=O) groups is 1. The third-order valence-corrected chi connectivity index (χ3v) is 3.21. The molecular weight excluding hydrogens is 216 g/mol. The number of hydrogen-bond acceptors (Lipinski definition) is 4.